The molecule has 1 amide bonds. The molecule has 3 unspecified atom stereocenters. The molecule has 0 spiro atoms. The van der Waals surface area contributed by atoms with Gasteiger partial charge in [0.15, 0.2) is 0 Å². The molecule has 1 aliphatic heterocycles. The van der Waals surface area contributed by atoms with Gasteiger partial charge < -0.3 is 9.64 Å². The van der Waals surface area contributed by atoms with Gasteiger partial charge in [-0.25, -0.2) is 0 Å². The van der Waals surface area contributed by atoms with E-state index in [1.807, 2.05) is 25.7 Å². The van der Waals surface area contributed by atoms with Gasteiger partial charge in [0.25, 0.3) is 0 Å². The number of ether oxygens (including phenoxy) is 1. The van der Waals surface area contributed by atoms with Gasteiger partial charge >= 0.3 is 5.97 Å². The molecular weight excluding hydrogens is 206 g/mol. The lowest BCUT2D eigenvalue weighted by Gasteiger charge is -2.29. The summed E-state index contributed by atoms with van der Waals surface area (Å²) in [5, 5.41) is 0. The number of rotatable bonds is 2. The molecule has 16 heavy (non-hydrogen) atoms. The molecule has 2 aliphatic rings. The van der Waals surface area contributed by atoms with Crippen LogP contribution in [0.5, 0.6) is 0 Å². The minimum Gasteiger partial charge on any atom is -0.460 e. The molecule has 1 heterocycles. The maximum Gasteiger partial charge on any atom is 0.309 e. The molecule has 1 aliphatic carbocycles. The predicted molar refractivity (Wildman–Crippen MR) is 58.6 cm³/mol. The molecule has 0 N–H and O–H groups in total. The number of piperidine rings is 1. The fourth-order valence-corrected chi connectivity index (χ4v) is 2.78. The van der Waals surface area contributed by atoms with Gasteiger partial charge in [0.2, 0.25) is 6.41 Å². The average molecular weight is 225 g/mol. The van der Waals surface area contributed by atoms with Crippen molar-refractivity contribution >= 4 is 12.4 Å². The molecular formula is C12H19NO3. The van der Waals surface area contributed by atoms with Gasteiger partial charge in [0, 0.05) is 12.6 Å². The summed E-state index contributed by atoms with van der Waals surface area (Å²) >= 11 is 0. The summed E-state index contributed by atoms with van der Waals surface area (Å²) in [6.07, 6.45) is 2.64. The van der Waals surface area contributed by atoms with E-state index in [0.29, 0.717) is 5.92 Å². The normalized spacial score (nSPS) is 32.9. The second-order valence-electron chi connectivity index (χ2n) is 5.83. The van der Waals surface area contributed by atoms with Crippen LogP contribution in [0.2, 0.25) is 0 Å². The SMILES string of the molecule is CC(C)(C)OC(=O)C1CC2CC1CN2C=O. The summed E-state index contributed by atoms with van der Waals surface area (Å²) in [6, 6.07) is 0.264. The molecule has 0 aromatic heterocycles. The highest BCUT2D eigenvalue weighted by Crippen LogP contribution is 2.42. The van der Waals surface area contributed by atoms with E-state index in [-0.39, 0.29) is 17.9 Å². The number of fused-ring (bicyclic) bond motifs is 2. The molecule has 1 saturated heterocycles. The average Bonchev–Trinajstić information content (AvgIpc) is 2.72. The number of hydrogen-bond acceptors (Lipinski definition) is 3. The number of amides is 1. The predicted octanol–water partition coefficient (Wildman–Crippen LogP) is 1.19. The van der Waals surface area contributed by atoms with Crippen LogP contribution >= 0.6 is 0 Å². The zero-order chi connectivity index (χ0) is 11.9. The van der Waals surface area contributed by atoms with Crippen molar-refractivity contribution in [3.05, 3.63) is 0 Å². The van der Waals surface area contributed by atoms with E-state index in [9.17, 15) is 9.59 Å². The third-order valence-corrected chi connectivity index (χ3v) is 3.43. The van der Waals surface area contributed by atoms with Crippen LogP contribution in [0.25, 0.3) is 0 Å². The minimum absolute atomic E-state index is 0.000394. The van der Waals surface area contributed by atoms with E-state index in [2.05, 4.69) is 0 Å². The Morgan fingerprint density at radius 2 is 2.06 bits per heavy atom. The molecule has 4 heteroatoms. The number of hydrogen-bond donors (Lipinski definition) is 0. The first-order valence-electron chi connectivity index (χ1n) is 5.84. The van der Waals surface area contributed by atoms with Gasteiger partial charge in [-0.15, -0.1) is 0 Å². The Bertz CT molecular complexity index is 308. The first-order valence-corrected chi connectivity index (χ1v) is 5.84. The zero-order valence-electron chi connectivity index (χ0n) is 10.1. The van der Waals surface area contributed by atoms with Crippen molar-refractivity contribution in [1.82, 2.24) is 4.90 Å². The second kappa shape index (κ2) is 3.75. The topological polar surface area (TPSA) is 46.6 Å². The lowest BCUT2D eigenvalue weighted by molar-refractivity contribution is -0.162. The largest absolute Gasteiger partial charge is 0.460 e. The number of nitrogens with zero attached hydrogens (tertiary/aromatic N) is 1. The van der Waals surface area contributed by atoms with Gasteiger partial charge in [-0.05, 0) is 39.5 Å². The van der Waals surface area contributed by atoms with E-state index in [1.54, 1.807) is 0 Å². The first kappa shape index (κ1) is 11.4. The zero-order valence-corrected chi connectivity index (χ0v) is 10.1. The van der Waals surface area contributed by atoms with E-state index in [0.717, 1.165) is 25.8 Å². The third-order valence-electron chi connectivity index (χ3n) is 3.43. The van der Waals surface area contributed by atoms with Crippen LogP contribution in [0.4, 0.5) is 0 Å². The Morgan fingerprint density at radius 1 is 1.38 bits per heavy atom. The van der Waals surface area contributed by atoms with Gasteiger partial charge in [-0.3, -0.25) is 9.59 Å². The maximum atomic E-state index is 11.9. The van der Waals surface area contributed by atoms with Crippen LogP contribution in [0, 0.1) is 11.8 Å². The molecule has 3 atom stereocenters. The standard InChI is InChI=1S/C12H19NO3/c1-12(2,3)16-11(15)10-5-9-4-8(10)6-13(9)7-14/h7-10H,4-6H2,1-3H3. The van der Waals surface area contributed by atoms with Gasteiger partial charge in [0.05, 0.1) is 5.92 Å². The Kier molecular flexibility index (Phi) is 2.68. The maximum absolute atomic E-state index is 11.9. The molecule has 1 saturated carbocycles. The smallest absolute Gasteiger partial charge is 0.309 e. The van der Waals surface area contributed by atoms with Crippen LogP contribution < -0.4 is 0 Å². The summed E-state index contributed by atoms with van der Waals surface area (Å²) in [6.45, 7) is 6.37. The molecule has 90 valence electrons. The Labute approximate surface area is 95.9 Å². The van der Waals surface area contributed by atoms with E-state index >= 15 is 0 Å². The highest BCUT2D eigenvalue weighted by molar-refractivity contribution is 5.74. The highest BCUT2D eigenvalue weighted by atomic mass is 16.6. The summed E-state index contributed by atoms with van der Waals surface area (Å²) in [7, 11) is 0. The van der Waals surface area contributed by atoms with E-state index < -0.39 is 5.60 Å². The quantitative estimate of drug-likeness (QED) is 0.524. The van der Waals surface area contributed by atoms with Crippen molar-refractivity contribution in [1.29, 1.82) is 0 Å². The van der Waals surface area contributed by atoms with Crippen LogP contribution in [0.3, 0.4) is 0 Å². The second-order valence-corrected chi connectivity index (χ2v) is 5.83. The van der Waals surface area contributed by atoms with Gasteiger partial charge in [0.1, 0.15) is 5.60 Å². The molecule has 2 fully saturated rings. The van der Waals surface area contributed by atoms with Crippen LogP contribution in [0.1, 0.15) is 33.6 Å². The molecule has 4 nitrogen and oxygen atoms in total. The summed E-state index contributed by atoms with van der Waals surface area (Å²) < 4.78 is 5.40. The first-order chi connectivity index (χ1) is 7.40. The number of likely N-dealkylation sites (tertiary alicyclic amines) is 1. The summed E-state index contributed by atoms with van der Waals surface area (Å²) in [5.74, 6) is 0.219. The van der Waals surface area contributed by atoms with Crippen LogP contribution in [0.15, 0.2) is 0 Å². The van der Waals surface area contributed by atoms with Crippen molar-refractivity contribution in [3.8, 4) is 0 Å². The lowest BCUT2D eigenvalue weighted by atomic mass is 9.94. The number of carbonyl (C=O) groups is 2. The van der Waals surface area contributed by atoms with E-state index in [4.69, 9.17) is 4.74 Å². The minimum atomic E-state index is -0.413. The monoisotopic (exact) mass is 225 g/mol. The van der Waals surface area contributed by atoms with Crippen LogP contribution in [-0.2, 0) is 14.3 Å². The van der Waals surface area contributed by atoms with Crippen molar-refractivity contribution in [3.63, 3.8) is 0 Å². The Morgan fingerprint density at radius 3 is 2.50 bits per heavy atom. The molecule has 0 aromatic carbocycles. The third kappa shape index (κ3) is 2.06. The van der Waals surface area contributed by atoms with Gasteiger partial charge in [-0.2, -0.15) is 0 Å². The van der Waals surface area contributed by atoms with Crippen molar-refractivity contribution in [2.75, 3.05) is 6.54 Å². The Hall–Kier alpha value is -1.06. The molecule has 2 rings (SSSR count). The van der Waals surface area contributed by atoms with E-state index in [1.165, 1.54) is 0 Å². The van der Waals surface area contributed by atoms with Gasteiger partial charge in [-0.1, -0.05) is 0 Å². The van der Waals surface area contributed by atoms with Crippen molar-refractivity contribution in [2.45, 2.75) is 45.3 Å². The summed E-state index contributed by atoms with van der Waals surface area (Å²) in [5.41, 5.74) is -0.413. The summed E-state index contributed by atoms with van der Waals surface area (Å²) in [4.78, 5) is 24.4. The highest BCUT2D eigenvalue weighted by Gasteiger charge is 2.48. The molecule has 0 radical (unpaired) electrons. The number of esters is 1. The van der Waals surface area contributed by atoms with Crippen LogP contribution in [-0.4, -0.2) is 35.5 Å². The fraction of sp³-hybridized carbons (Fsp3) is 0.833. The van der Waals surface area contributed by atoms with Crippen molar-refractivity contribution in [2.24, 2.45) is 11.8 Å². The Balaban J connectivity index is 1.95. The fourth-order valence-electron chi connectivity index (χ4n) is 2.78. The van der Waals surface area contributed by atoms with Crippen molar-refractivity contribution < 1.29 is 14.3 Å². The number of carbonyl (C=O) groups excluding carboxylic acids is 2. The molecule has 0 aromatic rings. The lowest BCUT2D eigenvalue weighted by Crippen LogP contribution is -2.39. The molecule has 2 bridgehead atoms.